The molecule has 0 aromatic carbocycles. The largest absolute Gasteiger partial charge is 0.382 e. The van der Waals surface area contributed by atoms with Gasteiger partial charge in [0, 0.05) is 25.8 Å². The number of nitrogen functional groups attached to an aromatic ring is 1. The van der Waals surface area contributed by atoms with Crippen molar-refractivity contribution in [1.82, 2.24) is 20.0 Å². The topological polar surface area (TPSA) is 76.2 Å². The third kappa shape index (κ3) is 5.67. The van der Waals surface area contributed by atoms with Gasteiger partial charge in [0.05, 0.1) is 6.54 Å². The fourth-order valence-corrected chi connectivity index (χ4v) is 1.65. The van der Waals surface area contributed by atoms with Crippen LogP contribution in [0.4, 0.5) is 5.82 Å². The number of carbonyl (C=O) groups excluding carboxylic acids is 1. The fourth-order valence-electron chi connectivity index (χ4n) is 1.65. The number of nitrogens with two attached hydrogens (primary N) is 1. The Balaban J connectivity index is 2.13. The van der Waals surface area contributed by atoms with Gasteiger partial charge in [0.1, 0.15) is 5.82 Å². The van der Waals surface area contributed by atoms with Crippen LogP contribution in [0.5, 0.6) is 0 Å². The van der Waals surface area contributed by atoms with E-state index in [1.165, 1.54) is 0 Å². The van der Waals surface area contributed by atoms with E-state index in [1.54, 1.807) is 6.07 Å². The minimum Gasteiger partial charge on any atom is -0.382 e. The number of hydrogen-bond donors (Lipinski definition) is 2. The zero-order valence-electron chi connectivity index (χ0n) is 11.2. The smallest absolute Gasteiger partial charge is 0.234 e. The van der Waals surface area contributed by atoms with Gasteiger partial charge in [0.2, 0.25) is 5.91 Å². The molecule has 6 heteroatoms. The number of hydrogen-bond acceptors (Lipinski definition) is 4. The van der Waals surface area contributed by atoms with Gasteiger partial charge in [-0.1, -0.05) is 6.92 Å². The number of aromatic nitrogens is 2. The molecule has 0 fully saturated rings. The van der Waals surface area contributed by atoms with E-state index >= 15 is 0 Å². The minimum absolute atomic E-state index is 0.0858. The molecule has 0 radical (unpaired) electrons. The highest BCUT2D eigenvalue weighted by Crippen LogP contribution is 1.98. The lowest BCUT2D eigenvalue weighted by Crippen LogP contribution is -2.36. The zero-order valence-corrected chi connectivity index (χ0v) is 11.2. The van der Waals surface area contributed by atoms with E-state index in [9.17, 15) is 4.79 Å². The molecule has 1 amide bonds. The van der Waals surface area contributed by atoms with Crippen LogP contribution in [0.1, 0.15) is 19.8 Å². The first-order chi connectivity index (χ1) is 8.61. The lowest BCUT2D eigenvalue weighted by atomic mass is 10.3. The lowest BCUT2D eigenvalue weighted by Gasteiger charge is -2.15. The molecular formula is C12H23N5O. The third-order valence-electron chi connectivity index (χ3n) is 2.57. The summed E-state index contributed by atoms with van der Waals surface area (Å²) in [5.41, 5.74) is 5.53. The van der Waals surface area contributed by atoms with Crippen molar-refractivity contribution in [2.75, 3.05) is 32.4 Å². The molecule has 0 atom stereocenters. The van der Waals surface area contributed by atoms with Crippen LogP contribution in [-0.4, -0.2) is 47.3 Å². The van der Waals surface area contributed by atoms with Crippen molar-refractivity contribution >= 4 is 11.7 Å². The van der Waals surface area contributed by atoms with Crippen LogP contribution in [0.3, 0.4) is 0 Å². The van der Waals surface area contributed by atoms with Crippen LogP contribution < -0.4 is 11.1 Å². The molecule has 102 valence electrons. The van der Waals surface area contributed by atoms with Gasteiger partial charge in [-0.05, 0) is 26.0 Å². The predicted octanol–water partition coefficient (Wildman–Crippen LogP) is 0.313. The molecule has 1 heterocycles. The van der Waals surface area contributed by atoms with Crippen LogP contribution >= 0.6 is 0 Å². The molecule has 1 aromatic rings. The van der Waals surface area contributed by atoms with Gasteiger partial charge >= 0.3 is 0 Å². The molecule has 0 saturated heterocycles. The van der Waals surface area contributed by atoms with Gasteiger partial charge in [-0.2, -0.15) is 5.10 Å². The van der Waals surface area contributed by atoms with Crippen LogP contribution in [0.2, 0.25) is 0 Å². The maximum atomic E-state index is 11.5. The summed E-state index contributed by atoms with van der Waals surface area (Å²) in [5, 5.41) is 6.97. The standard InChI is InChI=1S/C12H23N5O/c1-3-6-14-12(18)10-16(2)7-4-8-17-9-5-11(13)15-17/h5,9H,3-4,6-8,10H2,1-2H3,(H2,13,15)(H,14,18). The summed E-state index contributed by atoms with van der Waals surface area (Å²) in [6.07, 6.45) is 3.78. The van der Waals surface area contributed by atoms with Gasteiger partial charge in [-0.3, -0.25) is 14.4 Å². The van der Waals surface area contributed by atoms with Crippen molar-refractivity contribution in [3.05, 3.63) is 12.3 Å². The minimum atomic E-state index is 0.0858. The molecule has 0 aliphatic heterocycles. The summed E-state index contributed by atoms with van der Waals surface area (Å²) < 4.78 is 1.82. The quantitative estimate of drug-likeness (QED) is 0.699. The number of rotatable bonds is 8. The first-order valence-corrected chi connectivity index (χ1v) is 6.36. The zero-order chi connectivity index (χ0) is 13.4. The summed E-state index contributed by atoms with van der Waals surface area (Å²) in [6, 6.07) is 1.78. The number of nitrogens with one attached hydrogen (secondary N) is 1. The predicted molar refractivity (Wildman–Crippen MR) is 72.1 cm³/mol. The third-order valence-corrected chi connectivity index (χ3v) is 2.57. The number of aryl methyl sites for hydroxylation is 1. The maximum Gasteiger partial charge on any atom is 0.234 e. The normalized spacial score (nSPS) is 10.8. The lowest BCUT2D eigenvalue weighted by molar-refractivity contribution is -0.121. The summed E-state index contributed by atoms with van der Waals surface area (Å²) in [6.45, 7) is 4.91. The number of likely N-dealkylation sites (N-methyl/N-ethyl adjacent to an activating group) is 1. The second-order valence-corrected chi connectivity index (χ2v) is 4.44. The van der Waals surface area contributed by atoms with E-state index in [0.717, 1.165) is 32.5 Å². The average molecular weight is 253 g/mol. The summed E-state index contributed by atoms with van der Waals surface area (Å²) in [5.74, 6) is 0.630. The molecule has 3 N–H and O–H groups in total. The first-order valence-electron chi connectivity index (χ1n) is 6.36. The van der Waals surface area contributed by atoms with Gasteiger partial charge in [0.25, 0.3) is 0 Å². The SMILES string of the molecule is CCCNC(=O)CN(C)CCCn1ccc(N)n1. The summed E-state index contributed by atoms with van der Waals surface area (Å²) in [4.78, 5) is 13.5. The molecule has 6 nitrogen and oxygen atoms in total. The molecular weight excluding hydrogens is 230 g/mol. The second kappa shape index (κ2) is 7.71. The van der Waals surface area contributed by atoms with Crippen molar-refractivity contribution in [3.8, 4) is 0 Å². The van der Waals surface area contributed by atoms with Gasteiger partial charge in [-0.25, -0.2) is 0 Å². The number of amides is 1. The second-order valence-electron chi connectivity index (χ2n) is 4.44. The summed E-state index contributed by atoms with van der Waals surface area (Å²) >= 11 is 0. The van der Waals surface area contributed by atoms with Gasteiger partial charge < -0.3 is 11.1 Å². The molecule has 0 aliphatic rings. The number of nitrogens with zero attached hydrogens (tertiary/aromatic N) is 3. The van der Waals surface area contributed by atoms with E-state index in [1.807, 2.05) is 29.7 Å². The van der Waals surface area contributed by atoms with Crippen molar-refractivity contribution < 1.29 is 4.79 Å². The highest BCUT2D eigenvalue weighted by atomic mass is 16.2. The first kappa shape index (κ1) is 14.5. The molecule has 1 rings (SSSR count). The monoisotopic (exact) mass is 253 g/mol. The fraction of sp³-hybridized carbons (Fsp3) is 0.667. The Labute approximate surface area is 108 Å². The van der Waals surface area contributed by atoms with Crippen molar-refractivity contribution in [1.29, 1.82) is 0 Å². The van der Waals surface area contributed by atoms with E-state index < -0.39 is 0 Å². The number of anilines is 1. The van der Waals surface area contributed by atoms with Crippen LogP contribution in [0.15, 0.2) is 12.3 Å². The van der Waals surface area contributed by atoms with E-state index in [-0.39, 0.29) is 5.91 Å². The van der Waals surface area contributed by atoms with Crippen LogP contribution in [0.25, 0.3) is 0 Å². The van der Waals surface area contributed by atoms with E-state index in [2.05, 4.69) is 10.4 Å². The highest BCUT2D eigenvalue weighted by Gasteiger charge is 2.05. The average Bonchev–Trinajstić information content (AvgIpc) is 2.72. The van der Waals surface area contributed by atoms with Crippen molar-refractivity contribution in [2.24, 2.45) is 0 Å². The highest BCUT2D eigenvalue weighted by molar-refractivity contribution is 5.77. The Morgan fingerprint density at radius 2 is 2.39 bits per heavy atom. The van der Waals surface area contributed by atoms with Gasteiger partial charge in [0.15, 0.2) is 0 Å². The van der Waals surface area contributed by atoms with E-state index in [0.29, 0.717) is 12.4 Å². The Hall–Kier alpha value is -1.56. The Kier molecular flexibility index (Phi) is 6.21. The molecule has 18 heavy (non-hydrogen) atoms. The molecule has 0 spiro atoms. The van der Waals surface area contributed by atoms with Crippen molar-refractivity contribution in [2.45, 2.75) is 26.3 Å². The Morgan fingerprint density at radius 3 is 3.00 bits per heavy atom. The van der Waals surface area contributed by atoms with Crippen molar-refractivity contribution in [3.63, 3.8) is 0 Å². The Bertz CT molecular complexity index is 363. The summed E-state index contributed by atoms with van der Waals surface area (Å²) in [7, 11) is 1.95. The van der Waals surface area contributed by atoms with Crippen LogP contribution in [0, 0.1) is 0 Å². The molecule has 0 unspecified atom stereocenters. The molecule has 0 aliphatic carbocycles. The molecule has 0 bridgehead atoms. The van der Waals surface area contributed by atoms with Gasteiger partial charge in [-0.15, -0.1) is 0 Å². The van der Waals surface area contributed by atoms with E-state index in [4.69, 9.17) is 5.73 Å². The number of carbonyl (C=O) groups is 1. The maximum absolute atomic E-state index is 11.5. The Morgan fingerprint density at radius 1 is 1.61 bits per heavy atom. The van der Waals surface area contributed by atoms with Crippen LogP contribution in [-0.2, 0) is 11.3 Å². The molecule has 1 aromatic heterocycles. The molecule has 0 saturated carbocycles.